The molecular formula is C37H38N6O6S. The Kier molecular flexibility index (Phi) is 11.5. The van der Waals surface area contributed by atoms with Crippen molar-refractivity contribution < 1.29 is 28.9 Å². The third-order valence-electron chi connectivity index (χ3n) is 8.43. The molecule has 0 radical (unpaired) electrons. The van der Waals surface area contributed by atoms with Gasteiger partial charge in [-0.3, -0.25) is 0 Å². The number of hydrogen-bond acceptors (Lipinski definition) is 10. The molecule has 0 unspecified atom stereocenters. The molecule has 2 amide bonds. The van der Waals surface area contributed by atoms with Gasteiger partial charge < -0.3 is 30.0 Å². The zero-order chi connectivity index (χ0) is 34.9. The lowest BCUT2D eigenvalue weighted by molar-refractivity contribution is -0.268. The molecule has 1 saturated heterocycles. The van der Waals surface area contributed by atoms with E-state index >= 15 is 0 Å². The number of aliphatic hydroxyl groups excluding tert-OH is 1. The van der Waals surface area contributed by atoms with Gasteiger partial charge in [0.15, 0.2) is 6.29 Å². The second-order valence-corrected chi connectivity index (χ2v) is 12.8. The van der Waals surface area contributed by atoms with Crippen molar-refractivity contribution in [2.45, 2.75) is 49.6 Å². The highest BCUT2D eigenvalue weighted by molar-refractivity contribution is 7.99. The zero-order valence-electron chi connectivity index (χ0n) is 27.6. The van der Waals surface area contributed by atoms with Gasteiger partial charge in [0.1, 0.15) is 6.04 Å². The van der Waals surface area contributed by atoms with Crippen LogP contribution < -0.4 is 10.6 Å². The Morgan fingerprint density at radius 2 is 1.66 bits per heavy atom. The Balaban J connectivity index is 1.19. The molecule has 0 saturated carbocycles. The third kappa shape index (κ3) is 8.55. The van der Waals surface area contributed by atoms with E-state index in [4.69, 9.17) is 14.2 Å². The molecule has 5 aromatic rings. The molecule has 0 bridgehead atoms. The van der Waals surface area contributed by atoms with Gasteiger partial charge in [-0.2, -0.15) is 4.68 Å². The molecule has 50 heavy (non-hydrogen) atoms. The van der Waals surface area contributed by atoms with Crippen molar-refractivity contribution in [2.24, 2.45) is 5.92 Å². The molecule has 5 atom stereocenters. The van der Waals surface area contributed by atoms with Gasteiger partial charge in [-0.1, -0.05) is 104 Å². The minimum atomic E-state index is -0.879. The number of tetrazole rings is 1. The molecule has 4 aromatic carbocycles. The predicted octanol–water partition coefficient (Wildman–Crippen LogP) is 5.64. The van der Waals surface area contributed by atoms with Gasteiger partial charge in [0.25, 0.3) is 0 Å². The normalized spacial score (nSPS) is 19.3. The molecule has 13 heteroatoms. The van der Waals surface area contributed by atoms with E-state index in [1.807, 2.05) is 91.0 Å². The number of methoxy groups -OCH3 is 1. The number of para-hydroxylation sites is 1. The summed E-state index contributed by atoms with van der Waals surface area (Å²) in [4.78, 5) is 25.6. The topological polar surface area (TPSA) is 150 Å². The van der Waals surface area contributed by atoms with E-state index < -0.39 is 24.3 Å². The number of aliphatic hydroxyl groups is 1. The molecule has 6 rings (SSSR count). The van der Waals surface area contributed by atoms with Gasteiger partial charge in [0.2, 0.25) is 5.16 Å². The van der Waals surface area contributed by atoms with Crippen molar-refractivity contribution in [1.82, 2.24) is 25.5 Å². The largest absolute Gasteiger partial charge is 0.467 e. The first-order valence-electron chi connectivity index (χ1n) is 16.2. The van der Waals surface area contributed by atoms with E-state index in [-0.39, 0.29) is 31.2 Å². The van der Waals surface area contributed by atoms with Crippen molar-refractivity contribution in [2.75, 3.05) is 18.2 Å². The Hall–Kier alpha value is -5.08. The molecule has 258 valence electrons. The highest BCUT2D eigenvalue weighted by Crippen LogP contribution is 2.43. The third-order valence-corrected chi connectivity index (χ3v) is 9.44. The fourth-order valence-electron chi connectivity index (χ4n) is 5.74. The number of amides is 2. The molecule has 0 aliphatic carbocycles. The van der Waals surface area contributed by atoms with Crippen LogP contribution in [0.2, 0.25) is 0 Å². The maximum atomic E-state index is 13.1. The quantitative estimate of drug-likeness (QED) is 0.111. The van der Waals surface area contributed by atoms with Crippen molar-refractivity contribution in [3.8, 4) is 5.69 Å². The number of thioether (sulfide) groups is 1. The second kappa shape index (κ2) is 16.5. The van der Waals surface area contributed by atoms with Gasteiger partial charge in [0, 0.05) is 29.3 Å². The molecular weight excluding hydrogens is 657 g/mol. The molecule has 12 nitrogen and oxygen atoms in total. The maximum absolute atomic E-state index is 13.1. The molecule has 1 aromatic heterocycles. The van der Waals surface area contributed by atoms with Crippen LogP contribution in [0.3, 0.4) is 0 Å². The zero-order valence-corrected chi connectivity index (χ0v) is 28.4. The highest BCUT2D eigenvalue weighted by atomic mass is 32.2. The Morgan fingerprint density at radius 1 is 0.920 bits per heavy atom. The van der Waals surface area contributed by atoms with Crippen molar-refractivity contribution in [1.29, 1.82) is 0 Å². The molecule has 1 fully saturated rings. The Bertz CT molecular complexity index is 1860. The molecule has 1 aliphatic rings. The van der Waals surface area contributed by atoms with E-state index in [0.29, 0.717) is 22.2 Å². The number of carbonyl (C=O) groups is 2. The monoisotopic (exact) mass is 694 g/mol. The number of hydrogen-bond donors (Lipinski definition) is 3. The average molecular weight is 695 g/mol. The summed E-state index contributed by atoms with van der Waals surface area (Å²) in [7, 11) is 1.29. The van der Waals surface area contributed by atoms with Crippen molar-refractivity contribution in [3.63, 3.8) is 0 Å². The lowest BCUT2D eigenvalue weighted by Gasteiger charge is -2.41. The van der Waals surface area contributed by atoms with Gasteiger partial charge in [-0.25, -0.2) is 9.59 Å². The summed E-state index contributed by atoms with van der Waals surface area (Å²) in [5.41, 5.74) is 4.69. The van der Waals surface area contributed by atoms with Gasteiger partial charge in [-0.15, -0.1) is 5.10 Å². The summed E-state index contributed by atoms with van der Waals surface area (Å²) in [5.74, 6) is -0.0711. The first-order chi connectivity index (χ1) is 24.4. The number of urea groups is 1. The van der Waals surface area contributed by atoms with E-state index in [2.05, 4.69) is 33.1 Å². The van der Waals surface area contributed by atoms with E-state index in [1.165, 1.54) is 18.9 Å². The molecule has 1 aliphatic heterocycles. The number of nitrogens with one attached hydrogen (secondary N) is 2. The van der Waals surface area contributed by atoms with Gasteiger partial charge in [0.05, 0.1) is 31.6 Å². The smallest absolute Gasteiger partial charge is 0.328 e. The molecule has 0 spiro atoms. The lowest BCUT2D eigenvalue weighted by atomic mass is 9.91. The average Bonchev–Trinajstić information content (AvgIpc) is 3.63. The number of rotatable bonds is 12. The van der Waals surface area contributed by atoms with Crippen LogP contribution in [0.1, 0.15) is 41.6 Å². The minimum absolute atomic E-state index is 0.0531. The van der Waals surface area contributed by atoms with Crippen LogP contribution in [0, 0.1) is 5.92 Å². The van der Waals surface area contributed by atoms with Crippen LogP contribution in [0.15, 0.2) is 114 Å². The minimum Gasteiger partial charge on any atom is -0.467 e. The molecule has 3 N–H and O–H groups in total. The summed E-state index contributed by atoms with van der Waals surface area (Å²) in [6, 6.07) is 32.6. The predicted molar refractivity (Wildman–Crippen MR) is 187 cm³/mol. The van der Waals surface area contributed by atoms with E-state index in [0.717, 1.165) is 22.4 Å². The maximum Gasteiger partial charge on any atom is 0.328 e. The standard InChI is InChI=1S/C37H38N6O6S/c1-24-32(23-50-37-40-41-42-43(37)30-14-7-4-8-15-30)48-35(49-33(24)27-18-16-26(22-44)17-19-27)28-12-9-13-29(21-28)38-36(46)39-31(34(45)47-2)20-25-10-5-3-6-11-25/h3-19,21,24,31-33,35,44H,20,22-23H2,1-2H3,(H2,38,39,46)/t24-,31-,32+,33+,35+/m0/s1. The highest BCUT2D eigenvalue weighted by Gasteiger charge is 2.39. The summed E-state index contributed by atoms with van der Waals surface area (Å²) >= 11 is 1.49. The summed E-state index contributed by atoms with van der Waals surface area (Å²) in [6.07, 6.45) is -1.10. The van der Waals surface area contributed by atoms with Crippen LogP contribution in [0.5, 0.6) is 0 Å². The van der Waals surface area contributed by atoms with Gasteiger partial charge in [-0.05, 0) is 51.4 Å². The number of anilines is 1. The fraction of sp³-hybridized carbons (Fsp3) is 0.270. The second-order valence-electron chi connectivity index (χ2n) is 11.8. The molecule has 2 heterocycles. The number of carbonyl (C=O) groups excluding carboxylic acids is 2. The Labute approximate surface area is 294 Å². The first-order valence-corrected chi connectivity index (χ1v) is 17.2. The fourth-order valence-corrected chi connectivity index (χ4v) is 6.79. The van der Waals surface area contributed by atoms with Crippen LogP contribution >= 0.6 is 11.8 Å². The number of aromatic nitrogens is 4. The van der Waals surface area contributed by atoms with Crippen LogP contribution in [0.4, 0.5) is 10.5 Å². The van der Waals surface area contributed by atoms with Crippen LogP contribution in [-0.2, 0) is 32.0 Å². The summed E-state index contributed by atoms with van der Waals surface area (Å²) in [6.45, 7) is 2.03. The first kappa shape index (κ1) is 34.8. The number of nitrogens with zero attached hydrogens (tertiary/aromatic N) is 4. The Morgan fingerprint density at radius 3 is 2.38 bits per heavy atom. The van der Waals surface area contributed by atoms with Crippen molar-refractivity contribution in [3.05, 3.63) is 131 Å². The van der Waals surface area contributed by atoms with Crippen molar-refractivity contribution >= 4 is 29.4 Å². The number of benzene rings is 4. The van der Waals surface area contributed by atoms with E-state index in [1.54, 1.807) is 22.9 Å². The lowest BCUT2D eigenvalue weighted by Crippen LogP contribution is -2.45. The number of ether oxygens (including phenoxy) is 3. The summed E-state index contributed by atoms with van der Waals surface area (Å²) < 4.78 is 19.9. The van der Waals surface area contributed by atoms with Crippen LogP contribution in [0.25, 0.3) is 5.69 Å². The number of esters is 1. The van der Waals surface area contributed by atoms with Gasteiger partial charge >= 0.3 is 12.0 Å². The van der Waals surface area contributed by atoms with Crippen LogP contribution in [-0.4, -0.2) is 62.3 Å². The summed E-state index contributed by atoms with van der Waals surface area (Å²) in [5, 5.41) is 28.1. The van der Waals surface area contributed by atoms with E-state index in [9.17, 15) is 14.7 Å². The SMILES string of the molecule is COC(=O)[C@H](Cc1ccccc1)NC(=O)Nc1cccc([C@@H]2O[C@H](CSc3nnnn3-c3ccccc3)[C@H](C)[C@H](c3ccc(CO)cc3)O2)c1.